The van der Waals surface area contributed by atoms with E-state index in [9.17, 15) is 4.79 Å². The summed E-state index contributed by atoms with van der Waals surface area (Å²) >= 11 is 7.87. The molecule has 1 saturated heterocycles. The lowest BCUT2D eigenvalue weighted by atomic mass is 10.1. The molecule has 42 heavy (non-hydrogen) atoms. The molecular formula is C33H35ClN6OS. The molecule has 0 aliphatic carbocycles. The van der Waals surface area contributed by atoms with Crippen LogP contribution in [0.15, 0.2) is 78.0 Å². The molecule has 1 amide bonds. The number of aryl methyl sites for hydroxylation is 1. The second-order valence-corrected chi connectivity index (χ2v) is 12.4. The van der Waals surface area contributed by atoms with Gasteiger partial charge in [-0.25, -0.2) is 4.98 Å². The SMILES string of the molecule is Cc1ccc2c(c1)c1nnc(SCCCCC(=O)N3CCN(Cc4ccccc4)CC3)nc1n2Cc1cccc(Cl)c1. The number of carbonyl (C=O) groups excluding carboxylic acids is 1. The molecule has 0 atom stereocenters. The maximum absolute atomic E-state index is 12.8. The number of thioether (sulfide) groups is 1. The van der Waals surface area contributed by atoms with Gasteiger partial charge in [-0.1, -0.05) is 77.5 Å². The van der Waals surface area contributed by atoms with Crippen LogP contribution in [0, 0.1) is 6.92 Å². The Balaban J connectivity index is 1.03. The Labute approximate surface area is 255 Å². The van der Waals surface area contributed by atoms with Crippen molar-refractivity contribution in [2.45, 2.75) is 44.4 Å². The van der Waals surface area contributed by atoms with E-state index < -0.39 is 0 Å². The average molecular weight is 599 g/mol. The summed E-state index contributed by atoms with van der Waals surface area (Å²) < 4.78 is 2.20. The molecule has 2 aromatic heterocycles. The summed E-state index contributed by atoms with van der Waals surface area (Å²) in [5.74, 6) is 1.11. The van der Waals surface area contributed by atoms with E-state index in [1.165, 1.54) is 11.1 Å². The van der Waals surface area contributed by atoms with Crippen molar-refractivity contribution >= 4 is 51.3 Å². The molecule has 1 fully saturated rings. The molecule has 7 nitrogen and oxygen atoms in total. The second-order valence-electron chi connectivity index (χ2n) is 11.0. The third-order valence-corrected chi connectivity index (χ3v) is 8.98. The standard InChI is InChI=1S/C33H35ClN6OS/c1-24-13-14-29-28(20-24)31-32(40(29)23-26-10-7-11-27(34)21-26)35-33(37-36-31)42-19-6-5-12-30(41)39-17-15-38(16-18-39)22-25-8-3-2-4-9-25/h2-4,7-11,13-14,20-21H,5-6,12,15-19,22-23H2,1H3. The molecule has 3 aromatic carbocycles. The monoisotopic (exact) mass is 598 g/mol. The number of amides is 1. The zero-order valence-corrected chi connectivity index (χ0v) is 25.4. The minimum absolute atomic E-state index is 0.263. The quantitative estimate of drug-likeness (QED) is 0.133. The number of hydrogen-bond donors (Lipinski definition) is 0. The third-order valence-electron chi connectivity index (χ3n) is 7.82. The van der Waals surface area contributed by atoms with Gasteiger partial charge in [0.15, 0.2) is 5.65 Å². The molecule has 216 valence electrons. The lowest BCUT2D eigenvalue weighted by molar-refractivity contribution is -0.133. The Hall–Kier alpha value is -3.46. The van der Waals surface area contributed by atoms with Crippen LogP contribution in [0.4, 0.5) is 0 Å². The fourth-order valence-corrected chi connectivity index (χ4v) is 6.58. The predicted molar refractivity (Wildman–Crippen MR) is 171 cm³/mol. The van der Waals surface area contributed by atoms with Crippen molar-refractivity contribution in [1.82, 2.24) is 29.5 Å². The Bertz CT molecular complexity index is 1680. The first kappa shape index (κ1) is 28.6. The van der Waals surface area contributed by atoms with E-state index in [-0.39, 0.29) is 5.91 Å². The fourth-order valence-electron chi connectivity index (χ4n) is 5.59. The van der Waals surface area contributed by atoms with Crippen LogP contribution in [-0.4, -0.2) is 67.4 Å². The van der Waals surface area contributed by atoms with Gasteiger partial charge < -0.3 is 9.47 Å². The molecular weight excluding hydrogens is 564 g/mol. The van der Waals surface area contributed by atoms with Crippen LogP contribution >= 0.6 is 23.4 Å². The smallest absolute Gasteiger partial charge is 0.222 e. The maximum atomic E-state index is 12.8. The number of halogens is 1. The number of carbonyl (C=O) groups is 1. The second kappa shape index (κ2) is 13.2. The van der Waals surface area contributed by atoms with E-state index in [0.29, 0.717) is 18.1 Å². The van der Waals surface area contributed by atoms with Crippen molar-refractivity contribution in [3.63, 3.8) is 0 Å². The van der Waals surface area contributed by atoms with Gasteiger partial charge in [0.2, 0.25) is 11.1 Å². The lowest BCUT2D eigenvalue weighted by Crippen LogP contribution is -2.48. The summed E-state index contributed by atoms with van der Waals surface area (Å²) in [5.41, 5.74) is 6.33. The van der Waals surface area contributed by atoms with E-state index in [4.69, 9.17) is 16.6 Å². The highest BCUT2D eigenvalue weighted by Crippen LogP contribution is 2.29. The molecule has 1 aliphatic heterocycles. The number of nitrogens with zero attached hydrogens (tertiary/aromatic N) is 6. The lowest BCUT2D eigenvalue weighted by Gasteiger charge is -2.34. The van der Waals surface area contributed by atoms with Crippen LogP contribution in [0.3, 0.4) is 0 Å². The number of benzene rings is 3. The van der Waals surface area contributed by atoms with Gasteiger partial charge in [-0.2, -0.15) is 0 Å². The first-order valence-corrected chi connectivity index (χ1v) is 15.9. The van der Waals surface area contributed by atoms with Gasteiger partial charge in [0, 0.05) is 61.9 Å². The van der Waals surface area contributed by atoms with Gasteiger partial charge in [0.25, 0.3) is 0 Å². The Morgan fingerprint density at radius 1 is 0.881 bits per heavy atom. The fraction of sp³-hybridized carbons (Fsp3) is 0.333. The molecule has 3 heterocycles. The highest BCUT2D eigenvalue weighted by molar-refractivity contribution is 7.99. The van der Waals surface area contributed by atoms with Gasteiger partial charge in [0.1, 0.15) is 5.52 Å². The molecule has 0 spiro atoms. The largest absolute Gasteiger partial charge is 0.340 e. The first-order valence-electron chi connectivity index (χ1n) is 14.6. The van der Waals surface area contributed by atoms with Crippen molar-refractivity contribution in [1.29, 1.82) is 0 Å². The third kappa shape index (κ3) is 6.77. The number of fused-ring (bicyclic) bond motifs is 3. The van der Waals surface area contributed by atoms with Crippen molar-refractivity contribution in [2.75, 3.05) is 31.9 Å². The average Bonchev–Trinajstić information content (AvgIpc) is 3.29. The van der Waals surface area contributed by atoms with Gasteiger partial charge >= 0.3 is 0 Å². The topological polar surface area (TPSA) is 67.2 Å². The minimum atomic E-state index is 0.263. The summed E-state index contributed by atoms with van der Waals surface area (Å²) in [4.78, 5) is 22.2. The minimum Gasteiger partial charge on any atom is -0.340 e. The Morgan fingerprint density at radius 2 is 1.69 bits per heavy atom. The molecule has 0 unspecified atom stereocenters. The summed E-state index contributed by atoms with van der Waals surface area (Å²) in [6.45, 7) is 7.15. The van der Waals surface area contributed by atoms with E-state index in [1.807, 2.05) is 29.2 Å². The van der Waals surface area contributed by atoms with Crippen LogP contribution < -0.4 is 0 Å². The summed E-state index contributed by atoms with van der Waals surface area (Å²) in [6, 6.07) is 24.9. The zero-order chi connectivity index (χ0) is 28.9. The molecule has 9 heteroatoms. The van der Waals surface area contributed by atoms with Gasteiger partial charge in [-0.05, 0) is 55.2 Å². The first-order chi connectivity index (χ1) is 20.5. The van der Waals surface area contributed by atoms with Crippen LogP contribution in [0.5, 0.6) is 0 Å². The van der Waals surface area contributed by atoms with E-state index >= 15 is 0 Å². The number of piperazine rings is 1. The Morgan fingerprint density at radius 3 is 2.50 bits per heavy atom. The normalized spacial score (nSPS) is 14.2. The molecule has 6 rings (SSSR count). The van der Waals surface area contributed by atoms with E-state index in [1.54, 1.807) is 11.8 Å². The molecule has 0 bridgehead atoms. The molecule has 0 radical (unpaired) electrons. The van der Waals surface area contributed by atoms with Crippen molar-refractivity contribution < 1.29 is 4.79 Å². The molecule has 1 aliphatic rings. The highest BCUT2D eigenvalue weighted by atomic mass is 35.5. The highest BCUT2D eigenvalue weighted by Gasteiger charge is 2.21. The number of hydrogen-bond acceptors (Lipinski definition) is 6. The van der Waals surface area contributed by atoms with Crippen LogP contribution in [0.2, 0.25) is 5.02 Å². The van der Waals surface area contributed by atoms with Crippen LogP contribution in [0.1, 0.15) is 36.0 Å². The predicted octanol–water partition coefficient (Wildman–Crippen LogP) is 6.60. The van der Waals surface area contributed by atoms with Gasteiger partial charge in [-0.3, -0.25) is 9.69 Å². The number of aromatic nitrogens is 4. The molecule has 5 aromatic rings. The van der Waals surface area contributed by atoms with Gasteiger partial charge in [-0.15, -0.1) is 10.2 Å². The number of unbranched alkanes of at least 4 members (excludes halogenated alkanes) is 1. The maximum Gasteiger partial charge on any atom is 0.222 e. The number of rotatable bonds is 10. The van der Waals surface area contributed by atoms with Crippen LogP contribution in [-0.2, 0) is 17.9 Å². The zero-order valence-electron chi connectivity index (χ0n) is 23.9. The van der Waals surface area contributed by atoms with E-state index in [2.05, 4.69) is 75.1 Å². The van der Waals surface area contributed by atoms with Gasteiger partial charge in [0.05, 0.1) is 5.52 Å². The van der Waals surface area contributed by atoms with Crippen LogP contribution in [0.25, 0.3) is 22.1 Å². The van der Waals surface area contributed by atoms with E-state index in [0.717, 1.165) is 84.0 Å². The summed E-state index contributed by atoms with van der Waals surface area (Å²) in [6.07, 6.45) is 2.38. The van der Waals surface area contributed by atoms with Crippen molar-refractivity contribution in [3.8, 4) is 0 Å². The summed E-state index contributed by atoms with van der Waals surface area (Å²) in [7, 11) is 0. The molecule has 0 saturated carbocycles. The van der Waals surface area contributed by atoms with Crippen molar-refractivity contribution in [2.24, 2.45) is 0 Å². The molecule has 0 N–H and O–H groups in total. The Kier molecular flexibility index (Phi) is 9.03. The van der Waals surface area contributed by atoms with Crippen molar-refractivity contribution in [3.05, 3.63) is 94.5 Å². The summed E-state index contributed by atoms with van der Waals surface area (Å²) in [5, 5.41) is 11.5.